The third kappa shape index (κ3) is 3.74. The number of rotatable bonds is 6. The van der Waals surface area contributed by atoms with E-state index in [4.69, 9.17) is 16.3 Å². The molecule has 1 aromatic carbocycles. The Morgan fingerprint density at radius 2 is 2.25 bits per heavy atom. The van der Waals surface area contributed by atoms with Crippen molar-refractivity contribution in [2.24, 2.45) is 0 Å². The number of halogens is 2. The summed E-state index contributed by atoms with van der Waals surface area (Å²) in [5.41, 5.74) is 0.547. The highest BCUT2D eigenvalue weighted by atomic mass is 35.5. The molecule has 0 saturated heterocycles. The first-order valence-electron chi connectivity index (χ1n) is 5.39. The summed E-state index contributed by atoms with van der Waals surface area (Å²) >= 11 is 5.84. The molecule has 0 bridgehead atoms. The fraction of sp³-hybridized carbons (Fsp3) is 0.500. The van der Waals surface area contributed by atoms with E-state index in [0.717, 1.165) is 6.42 Å². The third-order valence-corrected chi connectivity index (χ3v) is 2.55. The number of hydrogen-bond donors (Lipinski definition) is 1. The number of nitrogens with one attached hydrogen (secondary N) is 1. The van der Waals surface area contributed by atoms with Crippen LogP contribution in [0.1, 0.15) is 24.9 Å². The summed E-state index contributed by atoms with van der Waals surface area (Å²) in [7, 11) is 1.78. The Morgan fingerprint density at radius 1 is 1.50 bits per heavy atom. The molecule has 0 fully saturated rings. The van der Waals surface area contributed by atoms with Gasteiger partial charge in [0, 0.05) is 17.2 Å². The summed E-state index contributed by atoms with van der Waals surface area (Å²) in [4.78, 5) is 0. The molecule has 0 aliphatic rings. The van der Waals surface area contributed by atoms with Crippen molar-refractivity contribution in [3.8, 4) is 0 Å². The van der Waals surface area contributed by atoms with Crippen LogP contribution in [0, 0.1) is 5.82 Å². The molecule has 90 valence electrons. The zero-order valence-electron chi connectivity index (χ0n) is 9.59. The third-order valence-electron chi connectivity index (χ3n) is 2.31. The van der Waals surface area contributed by atoms with Crippen LogP contribution in [-0.4, -0.2) is 20.3 Å². The fourth-order valence-electron chi connectivity index (χ4n) is 1.46. The van der Waals surface area contributed by atoms with E-state index in [-0.39, 0.29) is 11.9 Å². The standard InChI is InChI=1S/C12H17ClFNO/c1-3-6-16-8-12(15-2)10-7-9(13)4-5-11(10)14/h4-5,7,12,15H,3,6,8H2,1-2H3. The predicted octanol–water partition coefficient (Wildman–Crippen LogP) is 3.17. The maximum atomic E-state index is 13.6. The number of ether oxygens (including phenoxy) is 1. The number of likely N-dealkylation sites (N-methyl/N-ethyl adjacent to an activating group) is 1. The van der Waals surface area contributed by atoms with Crippen LogP contribution in [0.5, 0.6) is 0 Å². The summed E-state index contributed by atoms with van der Waals surface area (Å²) in [6.45, 7) is 3.16. The summed E-state index contributed by atoms with van der Waals surface area (Å²) in [6, 6.07) is 4.39. The summed E-state index contributed by atoms with van der Waals surface area (Å²) in [6.07, 6.45) is 0.953. The Labute approximate surface area is 101 Å². The average molecular weight is 246 g/mol. The molecule has 0 saturated carbocycles. The van der Waals surface area contributed by atoms with Gasteiger partial charge in [-0.25, -0.2) is 4.39 Å². The van der Waals surface area contributed by atoms with Gasteiger partial charge in [-0.3, -0.25) is 0 Å². The van der Waals surface area contributed by atoms with Crippen LogP contribution >= 0.6 is 11.6 Å². The molecule has 0 amide bonds. The smallest absolute Gasteiger partial charge is 0.128 e. The van der Waals surface area contributed by atoms with Crippen LogP contribution in [0.4, 0.5) is 4.39 Å². The Hall–Kier alpha value is -0.640. The molecule has 1 rings (SSSR count). The highest BCUT2D eigenvalue weighted by Gasteiger charge is 2.14. The second-order valence-electron chi connectivity index (χ2n) is 3.58. The van der Waals surface area contributed by atoms with Gasteiger partial charge in [-0.15, -0.1) is 0 Å². The molecule has 1 unspecified atom stereocenters. The molecule has 0 aliphatic heterocycles. The molecule has 0 aliphatic carbocycles. The van der Waals surface area contributed by atoms with Crippen LogP contribution < -0.4 is 5.32 Å². The van der Waals surface area contributed by atoms with Crippen molar-refractivity contribution < 1.29 is 9.13 Å². The topological polar surface area (TPSA) is 21.3 Å². The second-order valence-corrected chi connectivity index (χ2v) is 4.02. The van der Waals surface area contributed by atoms with Crippen molar-refractivity contribution in [3.05, 3.63) is 34.6 Å². The van der Waals surface area contributed by atoms with E-state index in [2.05, 4.69) is 5.32 Å². The van der Waals surface area contributed by atoms with Crippen LogP contribution in [0.25, 0.3) is 0 Å². The number of benzene rings is 1. The Balaban J connectivity index is 2.73. The van der Waals surface area contributed by atoms with Crippen LogP contribution in [0.15, 0.2) is 18.2 Å². The van der Waals surface area contributed by atoms with Crippen molar-refractivity contribution in [2.45, 2.75) is 19.4 Å². The molecule has 4 heteroatoms. The minimum Gasteiger partial charge on any atom is -0.379 e. The van der Waals surface area contributed by atoms with E-state index in [9.17, 15) is 4.39 Å². The van der Waals surface area contributed by atoms with Crippen molar-refractivity contribution in [1.29, 1.82) is 0 Å². The largest absolute Gasteiger partial charge is 0.379 e. The monoisotopic (exact) mass is 245 g/mol. The minimum atomic E-state index is -0.260. The average Bonchev–Trinajstić information content (AvgIpc) is 2.28. The van der Waals surface area contributed by atoms with Crippen molar-refractivity contribution in [2.75, 3.05) is 20.3 Å². The second kappa shape index (κ2) is 6.84. The van der Waals surface area contributed by atoms with Gasteiger partial charge in [-0.1, -0.05) is 18.5 Å². The van der Waals surface area contributed by atoms with Gasteiger partial charge in [0.15, 0.2) is 0 Å². The maximum Gasteiger partial charge on any atom is 0.128 e. The van der Waals surface area contributed by atoms with Crippen molar-refractivity contribution in [3.63, 3.8) is 0 Å². The van der Waals surface area contributed by atoms with E-state index < -0.39 is 0 Å². The minimum absolute atomic E-state index is 0.162. The molecule has 1 N–H and O–H groups in total. The highest BCUT2D eigenvalue weighted by Crippen LogP contribution is 2.21. The molecule has 1 aromatic rings. The fourth-order valence-corrected chi connectivity index (χ4v) is 1.64. The highest BCUT2D eigenvalue weighted by molar-refractivity contribution is 6.30. The van der Waals surface area contributed by atoms with Gasteiger partial charge < -0.3 is 10.1 Å². The van der Waals surface area contributed by atoms with E-state index in [1.165, 1.54) is 6.07 Å². The van der Waals surface area contributed by atoms with Gasteiger partial charge in [0.2, 0.25) is 0 Å². The summed E-state index contributed by atoms with van der Waals surface area (Å²) in [5.74, 6) is -0.260. The zero-order valence-corrected chi connectivity index (χ0v) is 10.4. The number of hydrogen-bond acceptors (Lipinski definition) is 2. The Bertz CT molecular complexity index is 333. The Morgan fingerprint density at radius 3 is 2.88 bits per heavy atom. The van der Waals surface area contributed by atoms with Gasteiger partial charge in [-0.05, 0) is 31.7 Å². The van der Waals surface area contributed by atoms with E-state index in [1.54, 1.807) is 19.2 Å². The first kappa shape index (κ1) is 13.4. The molecule has 0 heterocycles. The first-order valence-corrected chi connectivity index (χ1v) is 5.76. The quantitative estimate of drug-likeness (QED) is 0.778. The normalized spacial score (nSPS) is 12.8. The Kier molecular flexibility index (Phi) is 5.74. The van der Waals surface area contributed by atoms with Crippen molar-refractivity contribution in [1.82, 2.24) is 5.32 Å². The predicted molar refractivity (Wildman–Crippen MR) is 64.3 cm³/mol. The zero-order chi connectivity index (χ0) is 12.0. The van der Waals surface area contributed by atoms with E-state index in [0.29, 0.717) is 23.8 Å². The first-order chi connectivity index (χ1) is 7.69. The van der Waals surface area contributed by atoms with Crippen molar-refractivity contribution >= 4 is 11.6 Å². The van der Waals surface area contributed by atoms with Crippen LogP contribution in [-0.2, 0) is 4.74 Å². The molecule has 0 aromatic heterocycles. The van der Waals surface area contributed by atoms with Crippen LogP contribution in [0.3, 0.4) is 0 Å². The molecule has 0 radical (unpaired) electrons. The molecule has 16 heavy (non-hydrogen) atoms. The lowest BCUT2D eigenvalue weighted by Crippen LogP contribution is -2.23. The van der Waals surface area contributed by atoms with Gasteiger partial charge >= 0.3 is 0 Å². The van der Waals surface area contributed by atoms with Gasteiger partial charge in [0.05, 0.1) is 12.6 Å². The summed E-state index contributed by atoms with van der Waals surface area (Å²) < 4.78 is 19.0. The van der Waals surface area contributed by atoms with E-state index in [1.807, 2.05) is 6.92 Å². The molecular formula is C12H17ClFNO. The molecule has 1 atom stereocenters. The molecule has 2 nitrogen and oxygen atoms in total. The maximum absolute atomic E-state index is 13.6. The lowest BCUT2D eigenvalue weighted by molar-refractivity contribution is 0.113. The van der Waals surface area contributed by atoms with Gasteiger partial charge in [-0.2, -0.15) is 0 Å². The van der Waals surface area contributed by atoms with Gasteiger partial charge in [0.25, 0.3) is 0 Å². The summed E-state index contributed by atoms with van der Waals surface area (Å²) in [5, 5.41) is 3.56. The van der Waals surface area contributed by atoms with Crippen LogP contribution in [0.2, 0.25) is 5.02 Å². The lowest BCUT2D eigenvalue weighted by Gasteiger charge is -2.17. The van der Waals surface area contributed by atoms with Gasteiger partial charge in [0.1, 0.15) is 5.82 Å². The molecule has 0 spiro atoms. The SMILES string of the molecule is CCCOCC(NC)c1cc(Cl)ccc1F. The lowest BCUT2D eigenvalue weighted by atomic mass is 10.1. The molecular weight excluding hydrogens is 229 g/mol. The van der Waals surface area contributed by atoms with E-state index >= 15 is 0 Å².